The molecule has 1 unspecified atom stereocenters. The number of carbonyl (C=O) groups is 2. The summed E-state index contributed by atoms with van der Waals surface area (Å²) < 4.78 is 46.5. The van der Waals surface area contributed by atoms with Crippen molar-refractivity contribution in [2.75, 3.05) is 32.8 Å². The highest BCUT2D eigenvalue weighted by Gasteiger charge is 2.60. The summed E-state index contributed by atoms with van der Waals surface area (Å²) in [5, 5.41) is 7.60. The van der Waals surface area contributed by atoms with Crippen LogP contribution in [-0.2, 0) is 15.4 Å². The van der Waals surface area contributed by atoms with Crippen LogP contribution in [0.2, 0.25) is 10.0 Å². The fourth-order valence-electron chi connectivity index (χ4n) is 4.48. The Morgan fingerprint density at radius 1 is 1.16 bits per heavy atom. The molecule has 9 nitrogen and oxygen atoms in total. The molecule has 13 heteroatoms. The number of hydrogen-bond acceptors (Lipinski definition) is 7. The zero-order valence-corrected chi connectivity index (χ0v) is 22.0. The van der Waals surface area contributed by atoms with Crippen LogP contribution in [0, 0.1) is 5.41 Å². The van der Waals surface area contributed by atoms with E-state index in [9.17, 15) is 9.59 Å². The predicted octanol–water partition coefficient (Wildman–Crippen LogP) is 5.48. The first-order chi connectivity index (χ1) is 17.3. The Kier molecular flexibility index (Phi) is 7.15. The Morgan fingerprint density at radius 3 is 2.46 bits per heavy atom. The zero-order chi connectivity index (χ0) is 27.2. The van der Waals surface area contributed by atoms with E-state index in [4.69, 9.17) is 37.1 Å². The van der Waals surface area contributed by atoms with Crippen LogP contribution in [0.15, 0.2) is 35.3 Å². The monoisotopic (exact) mass is 558 g/mol. The molecular formula is C24H26Cl2F2N4O5. The Hall–Kier alpha value is -2.92. The van der Waals surface area contributed by atoms with E-state index in [-0.39, 0.29) is 48.7 Å². The molecule has 0 N–H and O–H groups in total. The Labute approximate surface area is 222 Å². The van der Waals surface area contributed by atoms with Gasteiger partial charge in [0, 0.05) is 37.2 Å². The van der Waals surface area contributed by atoms with E-state index in [0.29, 0.717) is 0 Å². The van der Waals surface area contributed by atoms with Crippen LogP contribution in [0.5, 0.6) is 0 Å². The second kappa shape index (κ2) is 9.75. The van der Waals surface area contributed by atoms with Crippen LogP contribution < -0.4 is 0 Å². The SMILES string of the molecule is C=CCOC(=O)N1CC(c2nnc(C(F)(F)c3ccc(Cl)c(Cl)c3)o2)C2(C1)CN(C(=O)OC(C)(C)C)C2. The van der Waals surface area contributed by atoms with Crippen LogP contribution in [-0.4, -0.2) is 70.6 Å². The highest BCUT2D eigenvalue weighted by atomic mass is 35.5. The van der Waals surface area contributed by atoms with Crippen molar-refractivity contribution in [1.82, 2.24) is 20.0 Å². The van der Waals surface area contributed by atoms with Gasteiger partial charge < -0.3 is 23.7 Å². The quantitative estimate of drug-likeness (QED) is 0.448. The summed E-state index contributed by atoms with van der Waals surface area (Å²) in [6, 6.07) is 3.41. The third kappa shape index (κ3) is 5.38. The Balaban J connectivity index is 1.59. The van der Waals surface area contributed by atoms with E-state index < -0.39 is 46.5 Å². The lowest BCUT2D eigenvalue weighted by Crippen LogP contribution is -2.62. The number of alkyl halides is 2. The normalized spacial score (nSPS) is 19.1. The molecule has 4 rings (SSSR count). The standard InChI is InChI=1S/C24H26Cl2F2N4O5/c1-5-8-35-20(33)31-10-15(23(11-31)12-32(13-23)21(34)37-22(2,3)4)18-29-30-19(36-18)24(27,28)14-6-7-16(25)17(26)9-14/h5-7,9,15H,1,8,10-13H2,2-4H3. The van der Waals surface area contributed by atoms with Gasteiger partial charge in [-0.3, -0.25) is 0 Å². The molecule has 3 heterocycles. The van der Waals surface area contributed by atoms with Crippen molar-refractivity contribution in [3.8, 4) is 0 Å². The Bertz CT molecular complexity index is 1210. The summed E-state index contributed by atoms with van der Waals surface area (Å²) in [5.74, 6) is -5.26. The second-order valence-corrected chi connectivity index (χ2v) is 11.0. The molecule has 0 radical (unpaired) electrons. The zero-order valence-electron chi connectivity index (χ0n) is 20.5. The van der Waals surface area contributed by atoms with Gasteiger partial charge in [-0.15, -0.1) is 10.2 Å². The molecule has 1 atom stereocenters. The number of hydrogen-bond donors (Lipinski definition) is 0. The van der Waals surface area contributed by atoms with Gasteiger partial charge in [-0.25, -0.2) is 9.59 Å². The third-order valence-electron chi connectivity index (χ3n) is 6.18. The van der Waals surface area contributed by atoms with Crippen LogP contribution in [0.1, 0.15) is 44.0 Å². The van der Waals surface area contributed by atoms with Gasteiger partial charge in [0.05, 0.1) is 16.0 Å². The topological polar surface area (TPSA) is 98.0 Å². The molecule has 2 fully saturated rings. The molecule has 1 spiro atoms. The molecule has 200 valence electrons. The van der Waals surface area contributed by atoms with Crippen molar-refractivity contribution in [2.45, 2.75) is 38.2 Å². The van der Waals surface area contributed by atoms with Gasteiger partial charge in [0.1, 0.15) is 12.2 Å². The number of likely N-dealkylation sites (tertiary alicyclic amines) is 2. The van der Waals surface area contributed by atoms with E-state index in [1.165, 1.54) is 21.9 Å². The highest BCUT2D eigenvalue weighted by Crippen LogP contribution is 2.50. The number of ether oxygens (including phenoxy) is 2. The van der Waals surface area contributed by atoms with E-state index in [1.54, 1.807) is 20.8 Å². The molecule has 1 aromatic carbocycles. The highest BCUT2D eigenvalue weighted by molar-refractivity contribution is 6.42. The number of aromatic nitrogens is 2. The number of carbonyl (C=O) groups excluding carboxylic acids is 2. The van der Waals surface area contributed by atoms with Gasteiger partial charge in [-0.1, -0.05) is 41.9 Å². The van der Waals surface area contributed by atoms with Crippen LogP contribution >= 0.6 is 23.2 Å². The number of halogens is 4. The number of nitrogens with zero attached hydrogens (tertiary/aromatic N) is 4. The summed E-state index contributed by atoms with van der Waals surface area (Å²) in [6.45, 7) is 9.50. The van der Waals surface area contributed by atoms with Crippen molar-refractivity contribution in [2.24, 2.45) is 5.41 Å². The second-order valence-electron chi connectivity index (χ2n) is 10.1. The van der Waals surface area contributed by atoms with Gasteiger partial charge in [0.2, 0.25) is 5.89 Å². The summed E-state index contributed by atoms with van der Waals surface area (Å²) in [6.07, 6.45) is 0.324. The lowest BCUT2D eigenvalue weighted by atomic mass is 9.71. The smallest absolute Gasteiger partial charge is 0.410 e. The fraction of sp³-hybridized carbons (Fsp3) is 0.500. The molecule has 1 aromatic heterocycles. The van der Waals surface area contributed by atoms with Crippen LogP contribution in [0.4, 0.5) is 18.4 Å². The molecule has 0 saturated carbocycles. The summed E-state index contributed by atoms with van der Waals surface area (Å²) in [4.78, 5) is 28.0. The minimum Gasteiger partial charge on any atom is -0.445 e. The predicted molar refractivity (Wildman–Crippen MR) is 130 cm³/mol. The lowest BCUT2D eigenvalue weighted by Gasteiger charge is -2.49. The molecule has 2 aliphatic heterocycles. The van der Waals surface area contributed by atoms with E-state index in [1.807, 2.05) is 0 Å². The molecule has 37 heavy (non-hydrogen) atoms. The minimum atomic E-state index is -3.64. The van der Waals surface area contributed by atoms with Gasteiger partial charge in [0.15, 0.2) is 0 Å². The van der Waals surface area contributed by atoms with Crippen molar-refractivity contribution >= 4 is 35.4 Å². The molecular weight excluding hydrogens is 533 g/mol. The molecule has 2 saturated heterocycles. The summed E-state index contributed by atoms with van der Waals surface area (Å²) in [5.41, 5.74) is -1.85. The maximum absolute atomic E-state index is 15.2. The van der Waals surface area contributed by atoms with Crippen molar-refractivity contribution in [3.05, 3.63) is 58.2 Å². The average molecular weight is 559 g/mol. The largest absolute Gasteiger partial charge is 0.445 e. The first-order valence-corrected chi connectivity index (χ1v) is 12.2. The number of benzene rings is 1. The maximum Gasteiger partial charge on any atom is 0.410 e. The van der Waals surface area contributed by atoms with Gasteiger partial charge in [-0.2, -0.15) is 8.78 Å². The summed E-state index contributed by atoms with van der Waals surface area (Å²) >= 11 is 11.8. The molecule has 0 aliphatic carbocycles. The maximum atomic E-state index is 15.2. The van der Waals surface area contributed by atoms with Gasteiger partial charge in [-0.05, 0) is 32.9 Å². The minimum absolute atomic E-state index is 0.0115. The first kappa shape index (κ1) is 27.1. The van der Waals surface area contributed by atoms with Crippen LogP contribution in [0.3, 0.4) is 0 Å². The third-order valence-corrected chi connectivity index (χ3v) is 6.92. The van der Waals surface area contributed by atoms with Crippen molar-refractivity contribution in [3.63, 3.8) is 0 Å². The van der Waals surface area contributed by atoms with Crippen molar-refractivity contribution in [1.29, 1.82) is 0 Å². The van der Waals surface area contributed by atoms with E-state index in [0.717, 1.165) is 12.1 Å². The van der Waals surface area contributed by atoms with Gasteiger partial charge >= 0.3 is 18.1 Å². The fourth-order valence-corrected chi connectivity index (χ4v) is 4.77. The summed E-state index contributed by atoms with van der Waals surface area (Å²) in [7, 11) is 0. The number of amides is 2. The Morgan fingerprint density at radius 2 is 1.84 bits per heavy atom. The molecule has 2 aliphatic rings. The molecule has 2 amide bonds. The van der Waals surface area contributed by atoms with Crippen molar-refractivity contribution < 1.29 is 32.3 Å². The molecule has 0 bridgehead atoms. The molecule has 2 aromatic rings. The number of rotatable bonds is 5. The van der Waals surface area contributed by atoms with Gasteiger partial charge in [0.25, 0.3) is 5.89 Å². The van der Waals surface area contributed by atoms with Crippen LogP contribution in [0.25, 0.3) is 0 Å². The first-order valence-electron chi connectivity index (χ1n) is 11.4. The lowest BCUT2D eigenvalue weighted by molar-refractivity contribution is -0.0385. The van der Waals surface area contributed by atoms with E-state index >= 15 is 8.78 Å². The van der Waals surface area contributed by atoms with E-state index in [2.05, 4.69) is 16.8 Å². The average Bonchev–Trinajstić information content (AvgIpc) is 3.42.